The van der Waals surface area contributed by atoms with Crippen LogP contribution in [0.25, 0.3) is 4.85 Å². The molecule has 3 aromatic carbocycles. The highest BCUT2D eigenvalue weighted by molar-refractivity contribution is 6.33. The minimum Gasteiger partial charge on any atom is -0.491 e. The molecule has 3 aromatic rings. The summed E-state index contributed by atoms with van der Waals surface area (Å²) in [5, 5.41) is 20.8. The summed E-state index contributed by atoms with van der Waals surface area (Å²) < 4.78 is 19.2. The number of nitrogens with zero attached hydrogens (tertiary/aromatic N) is 3. The van der Waals surface area contributed by atoms with Crippen molar-refractivity contribution in [3.8, 4) is 5.75 Å². The average Bonchev–Trinajstić information content (AvgIpc) is 2.88. The SMILES string of the molecule is [C-]#[N+]c1ccc([C@](C)(O)CN2CCN(c3ccc(OCCO)cc3Cl)[C@H](c3ccc(F)cc3)C2)cc1. The van der Waals surface area contributed by atoms with Gasteiger partial charge in [0.1, 0.15) is 18.2 Å². The molecule has 1 fully saturated rings. The highest BCUT2D eigenvalue weighted by atomic mass is 35.5. The fourth-order valence-electron chi connectivity index (χ4n) is 4.64. The molecule has 1 heterocycles. The maximum absolute atomic E-state index is 13.7. The Kier molecular flexibility index (Phi) is 8.12. The van der Waals surface area contributed by atoms with Crippen LogP contribution in [0.4, 0.5) is 15.8 Å². The maximum Gasteiger partial charge on any atom is 0.187 e. The summed E-state index contributed by atoms with van der Waals surface area (Å²) in [5.41, 5.74) is 1.95. The smallest absolute Gasteiger partial charge is 0.187 e. The molecule has 0 aromatic heterocycles. The predicted octanol–water partition coefficient (Wildman–Crippen LogP) is 5.17. The van der Waals surface area contributed by atoms with E-state index in [1.165, 1.54) is 12.1 Å². The molecule has 6 nitrogen and oxygen atoms in total. The van der Waals surface area contributed by atoms with Gasteiger partial charge < -0.3 is 19.8 Å². The van der Waals surface area contributed by atoms with E-state index in [1.54, 1.807) is 49.4 Å². The minimum atomic E-state index is -1.11. The molecular formula is C28H29ClFN3O3. The fraction of sp³-hybridized carbons (Fsp3) is 0.321. The van der Waals surface area contributed by atoms with Crippen molar-refractivity contribution in [2.75, 3.05) is 44.3 Å². The minimum absolute atomic E-state index is 0.0819. The third-order valence-corrected chi connectivity index (χ3v) is 6.76. The van der Waals surface area contributed by atoms with Gasteiger partial charge in [-0.15, -0.1) is 0 Å². The topological polar surface area (TPSA) is 60.5 Å². The normalized spacial score (nSPS) is 17.9. The van der Waals surface area contributed by atoms with E-state index in [2.05, 4.69) is 14.6 Å². The molecule has 0 bridgehead atoms. The summed E-state index contributed by atoms with van der Waals surface area (Å²) in [6.07, 6.45) is 0. The van der Waals surface area contributed by atoms with Crippen molar-refractivity contribution in [3.05, 3.63) is 100 Å². The zero-order chi connectivity index (χ0) is 25.7. The summed E-state index contributed by atoms with van der Waals surface area (Å²) in [6, 6.07) is 18.8. The van der Waals surface area contributed by atoms with E-state index in [4.69, 9.17) is 28.0 Å². The van der Waals surface area contributed by atoms with Gasteiger partial charge in [0.15, 0.2) is 5.69 Å². The van der Waals surface area contributed by atoms with Crippen LogP contribution >= 0.6 is 11.6 Å². The number of anilines is 1. The summed E-state index contributed by atoms with van der Waals surface area (Å²) in [5.74, 6) is 0.280. The van der Waals surface area contributed by atoms with Gasteiger partial charge in [0.25, 0.3) is 0 Å². The van der Waals surface area contributed by atoms with Gasteiger partial charge in [0.2, 0.25) is 0 Å². The largest absolute Gasteiger partial charge is 0.491 e. The van der Waals surface area contributed by atoms with E-state index in [-0.39, 0.29) is 25.1 Å². The third-order valence-electron chi connectivity index (χ3n) is 6.46. The van der Waals surface area contributed by atoms with Crippen LogP contribution in [-0.2, 0) is 5.60 Å². The molecule has 0 saturated carbocycles. The molecule has 36 heavy (non-hydrogen) atoms. The maximum atomic E-state index is 13.7. The molecule has 0 unspecified atom stereocenters. The number of benzene rings is 3. The van der Waals surface area contributed by atoms with Crippen LogP contribution in [-0.4, -0.2) is 54.5 Å². The first kappa shape index (κ1) is 25.9. The van der Waals surface area contributed by atoms with Crippen LogP contribution in [0.2, 0.25) is 5.02 Å². The monoisotopic (exact) mass is 509 g/mol. The Labute approximate surface area is 215 Å². The van der Waals surface area contributed by atoms with Crippen LogP contribution in [0.15, 0.2) is 66.7 Å². The molecule has 2 N–H and O–H groups in total. The highest BCUT2D eigenvalue weighted by Crippen LogP contribution is 2.38. The molecule has 1 aliphatic heterocycles. The number of β-amino-alcohol motifs (C(OH)–C–C–N with tert-alkyl or cyclic N) is 1. The molecular weight excluding hydrogens is 481 g/mol. The van der Waals surface area contributed by atoms with Gasteiger partial charge in [-0.25, -0.2) is 9.24 Å². The predicted molar refractivity (Wildman–Crippen MR) is 139 cm³/mol. The molecule has 0 aliphatic carbocycles. The van der Waals surface area contributed by atoms with Gasteiger partial charge in [0, 0.05) is 32.2 Å². The Morgan fingerprint density at radius 3 is 2.47 bits per heavy atom. The number of aliphatic hydroxyl groups is 2. The standard InChI is InChI=1S/C28H29ClFN3O3/c1-28(35,21-5-9-23(31-2)10-6-21)19-32-13-14-33(27(18-32)20-3-7-22(30)8-4-20)26-12-11-24(17-25(26)29)36-16-15-34/h3-12,17,27,34-35H,13-16,18-19H2,1H3/t27-,28+/m0/s1. The lowest BCUT2D eigenvalue weighted by Crippen LogP contribution is -2.52. The first-order valence-corrected chi connectivity index (χ1v) is 12.2. The molecule has 188 valence electrons. The van der Waals surface area contributed by atoms with Crippen LogP contribution in [0, 0.1) is 12.4 Å². The van der Waals surface area contributed by atoms with Crippen LogP contribution < -0.4 is 9.64 Å². The molecule has 8 heteroatoms. The first-order chi connectivity index (χ1) is 17.3. The lowest BCUT2D eigenvalue weighted by Gasteiger charge is -2.45. The van der Waals surface area contributed by atoms with Crippen molar-refractivity contribution in [2.24, 2.45) is 0 Å². The molecule has 0 radical (unpaired) electrons. The average molecular weight is 510 g/mol. The van der Waals surface area contributed by atoms with Gasteiger partial charge in [0.05, 0.1) is 35.5 Å². The van der Waals surface area contributed by atoms with Gasteiger partial charge in [-0.3, -0.25) is 4.90 Å². The molecule has 0 amide bonds. The highest BCUT2D eigenvalue weighted by Gasteiger charge is 2.34. The number of halogens is 2. The second-order valence-corrected chi connectivity index (χ2v) is 9.52. The fourth-order valence-corrected chi connectivity index (χ4v) is 4.92. The summed E-state index contributed by atoms with van der Waals surface area (Å²) in [7, 11) is 0. The van der Waals surface area contributed by atoms with Crippen LogP contribution in [0.1, 0.15) is 24.1 Å². The van der Waals surface area contributed by atoms with E-state index in [0.717, 1.165) is 16.8 Å². The van der Waals surface area contributed by atoms with Crippen LogP contribution in [0.3, 0.4) is 0 Å². The zero-order valence-electron chi connectivity index (χ0n) is 20.1. The Bertz CT molecular complexity index is 1210. The lowest BCUT2D eigenvalue weighted by atomic mass is 9.93. The van der Waals surface area contributed by atoms with Crippen molar-refractivity contribution < 1.29 is 19.3 Å². The lowest BCUT2D eigenvalue weighted by molar-refractivity contribution is 0.0103. The number of hydrogen-bond donors (Lipinski definition) is 2. The summed E-state index contributed by atoms with van der Waals surface area (Å²) in [6.45, 7) is 11.4. The second-order valence-electron chi connectivity index (χ2n) is 9.11. The van der Waals surface area contributed by atoms with Crippen molar-refractivity contribution in [2.45, 2.75) is 18.6 Å². The molecule has 1 aliphatic rings. The Hall–Kier alpha value is -3.15. The Morgan fingerprint density at radius 2 is 1.83 bits per heavy atom. The summed E-state index contributed by atoms with van der Waals surface area (Å²) in [4.78, 5) is 7.81. The van der Waals surface area contributed by atoms with E-state index in [0.29, 0.717) is 42.6 Å². The van der Waals surface area contributed by atoms with E-state index in [9.17, 15) is 9.50 Å². The third kappa shape index (κ3) is 5.97. The number of ether oxygens (including phenoxy) is 1. The molecule has 2 atom stereocenters. The number of hydrogen-bond acceptors (Lipinski definition) is 5. The molecule has 4 rings (SSSR count). The number of aliphatic hydroxyl groups excluding tert-OH is 1. The quantitative estimate of drug-likeness (QED) is 0.410. The first-order valence-electron chi connectivity index (χ1n) is 11.8. The van der Waals surface area contributed by atoms with Crippen molar-refractivity contribution in [1.82, 2.24) is 4.90 Å². The summed E-state index contributed by atoms with van der Waals surface area (Å²) >= 11 is 6.65. The van der Waals surface area contributed by atoms with Gasteiger partial charge >= 0.3 is 0 Å². The molecule has 1 saturated heterocycles. The van der Waals surface area contributed by atoms with E-state index >= 15 is 0 Å². The van der Waals surface area contributed by atoms with Crippen molar-refractivity contribution in [3.63, 3.8) is 0 Å². The van der Waals surface area contributed by atoms with Crippen molar-refractivity contribution in [1.29, 1.82) is 0 Å². The molecule has 0 spiro atoms. The van der Waals surface area contributed by atoms with Crippen LogP contribution in [0.5, 0.6) is 5.75 Å². The Morgan fingerprint density at radius 1 is 1.11 bits per heavy atom. The van der Waals surface area contributed by atoms with E-state index < -0.39 is 5.60 Å². The second kappa shape index (κ2) is 11.3. The number of piperazine rings is 1. The zero-order valence-corrected chi connectivity index (χ0v) is 20.8. The number of rotatable bonds is 8. The Balaban J connectivity index is 1.58. The van der Waals surface area contributed by atoms with E-state index in [1.807, 2.05) is 12.1 Å². The van der Waals surface area contributed by atoms with Gasteiger partial charge in [-0.2, -0.15) is 0 Å². The van der Waals surface area contributed by atoms with Gasteiger partial charge in [-0.05, 0) is 42.3 Å². The van der Waals surface area contributed by atoms with Gasteiger partial charge in [-0.1, -0.05) is 48.0 Å². The van der Waals surface area contributed by atoms with Crippen molar-refractivity contribution >= 4 is 23.0 Å².